The number of phenols is 1. The molecule has 23 nitrogen and oxygen atoms in total. The first kappa shape index (κ1) is 56.9. The van der Waals surface area contributed by atoms with E-state index in [2.05, 4.69) is 29.1 Å². The van der Waals surface area contributed by atoms with Crippen molar-refractivity contribution in [1.29, 1.82) is 0 Å². The number of hydrogen-bond donors (Lipinski definition) is 7. The average molecular weight is 1040 g/mol. The van der Waals surface area contributed by atoms with E-state index in [0.29, 0.717) is 22.4 Å². The Morgan fingerprint density at radius 3 is 2.19 bits per heavy atom. The zero-order valence-corrected chi connectivity index (χ0v) is 42.1. The van der Waals surface area contributed by atoms with Crippen molar-refractivity contribution in [1.82, 2.24) is 30.2 Å². The number of aryl methyl sites for hydroxylation is 1. The van der Waals surface area contributed by atoms with Crippen molar-refractivity contribution in [2.45, 2.75) is 77.8 Å². The minimum Gasteiger partial charge on any atom is -0.505 e. The van der Waals surface area contributed by atoms with Gasteiger partial charge in [-0.2, -0.15) is 11.8 Å². The highest BCUT2D eigenvalue weighted by atomic mass is 32.2. The number of anilines is 2. The highest BCUT2D eigenvalue weighted by Gasteiger charge is 2.46. The third kappa shape index (κ3) is 14.8. The van der Waals surface area contributed by atoms with Crippen LogP contribution in [0.3, 0.4) is 0 Å². The van der Waals surface area contributed by atoms with Crippen molar-refractivity contribution >= 4 is 82.4 Å². The van der Waals surface area contributed by atoms with E-state index in [0.717, 1.165) is 34.9 Å². The first-order valence-electron chi connectivity index (χ1n) is 23.5. The van der Waals surface area contributed by atoms with E-state index < -0.39 is 83.3 Å². The van der Waals surface area contributed by atoms with E-state index in [9.17, 15) is 58.2 Å². The number of benzene rings is 2. The van der Waals surface area contributed by atoms with Gasteiger partial charge in [-0.3, -0.25) is 38.4 Å². The van der Waals surface area contributed by atoms with Crippen molar-refractivity contribution in [3.63, 3.8) is 0 Å². The Morgan fingerprint density at radius 2 is 1.58 bits per heavy atom. The number of nitrogens with zero attached hydrogens (tertiary/aromatic N) is 5. The Bertz CT molecular complexity index is 2580. The van der Waals surface area contributed by atoms with Gasteiger partial charge in [0.15, 0.2) is 12.0 Å². The molecule has 3 heterocycles. The first-order chi connectivity index (χ1) is 35.1. The van der Waals surface area contributed by atoms with Crippen molar-refractivity contribution < 1.29 is 62.9 Å². The molecule has 3 aliphatic heterocycles. The Balaban J connectivity index is 1.18. The molecule has 9 N–H and O–H groups in total. The van der Waals surface area contributed by atoms with Crippen molar-refractivity contribution in [3.05, 3.63) is 102 Å². The van der Waals surface area contributed by atoms with Crippen molar-refractivity contribution in [2.24, 2.45) is 23.3 Å². The Hall–Kier alpha value is -7.99. The number of rotatable bonds is 22. The molecule has 0 spiro atoms. The van der Waals surface area contributed by atoms with Gasteiger partial charge in [-0.1, -0.05) is 51.3 Å². The zero-order valence-electron chi connectivity index (χ0n) is 41.3. The molecule has 2 aromatic carbocycles. The maximum Gasteiger partial charge on any atom is 0.416 e. The number of aliphatic hydroxyl groups is 1. The van der Waals surface area contributed by atoms with Gasteiger partial charge in [0.25, 0.3) is 5.91 Å². The summed E-state index contributed by atoms with van der Waals surface area (Å²) in [6.45, 7) is 11.6. The summed E-state index contributed by atoms with van der Waals surface area (Å²) in [4.78, 5) is 135. The molecule has 396 valence electrons. The molecule has 1 saturated heterocycles. The molecule has 3 aliphatic rings. The Morgan fingerprint density at radius 1 is 0.932 bits per heavy atom. The topological polar surface area (TPSA) is 325 Å². The molecule has 4 atom stereocenters. The highest BCUT2D eigenvalue weighted by Crippen LogP contribution is 2.42. The minimum absolute atomic E-state index is 0.0103. The predicted octanol–water partition coefficient (Wildman–Crippen LogP) is 2.29. The smallest absolute Gasteiger partial charge is 0.416 e. The summed E-state index contributed by atoms with van der Waals surface area (Å²) in [5.41, 5.74) is 11.7. The lowest BCUT2D eigenvalue weighted by Gasteiger charge is -2.41. The molecular weight excluding hydrogens is 981 g/mol. The summed E-state index contributed by atoms with van der Waals surface area (Å²) < 4.78 is 5.62. The van der Waals surface area contributed by atoms with Crippen molar-refractivity contribution in [3.8, 4) is 5.75 Å². The number of primary amides is 2. The summed E-state index contributed by atoms with van der Waals surface area (Å²) in [6.07, 6.45) is 3.49. The van der Waals surface area contributed by atoms with E-state index in [4.69, 9.17) is 16.2 Å². The van der Waals surface area contributed by atoms with Gasteiger partial charge in [-0.05, 0) is 79.2 Å². The Labute approximate surface area is 431 Å². The van der Waals surface area contributed by atoms with Crippen LogP contribution in [-0.2, 0) is 44.9 Å². The van der Waals surface area contributed by atoms with Crippen LogP contribution in [0.1, 0.15) is 67.4 Å². The van der Waals surface area contributed by atoms with Crippen LogP contribution >= 0.6 is 11.8 Å². The largest absolute Gasteiger partial charge is 0.505 e. The van der Waals surface area contributed by atoms with Gasteiger partial charge in [0.2, 0.25) is 35.4 Å². The quantitative estimate of drug-likeness (QED) is 0.0658. The second-order valence-corrected chi connectivity index (χ2v) is 19.1. The highest BCUT2D eigenvalue weighted by molar-refractivity contribution is 7.99. The SMILES string of the molecule is C=CC(=O)N1CN(C(=O)C=C)CN(C(=O)CCSCC(=O)N[C@H](C(=O)C[C@@H](CCCNC(N)=O)C(=O)Nc2ccc(COC(=O)N3c4c(ccc(C)c4O)C(=O)N4C=C(/C=C/C(N)=O)CC4C3O)cc2)C(C)C)C1. The minimum atomic E-state index is -1.71. The number of carbonyl (C=O) groups excluding carboxylic acids is 10. The molecule has 1 fully saturated rings. The van der Waals surface area contributed by atoms with Crippen molar-refractivity contribution in [2.75, 3.05) is 48.3 Å². The van der Waals surface area contributed by atoms with Crippen LogP contribution in [0.5, 0.6) is 5.75 Å². The number of fused-ring (bicyclic) bond motifs is 2. The number of carbonyl (C=O) groups is 10. The molecule has 0 radical (unpaired) electrons. The second-order valence-electron chi connectivity index (χ2n) is 18.0. The van der Waals surface area contributed by atoms with E-state index in [1.54, 1.807) is 32.9 Å². The number of nitrogens with two attached hydrogens (primary N) is 2. The number of aromatic hydroxyl groups is 1. The summed E-state index contributed by atoms with van der Waals surface area (Å²) in [6, 6.07) is 6.34. The normalized spacial score (nSPS) is 17.1. The molecule has 0 aliphatic carbocycles. The number of urea groups is 1. The fraction of sp³-hybridized carbons (Fsp3) is 0.400. The number of ketones is 1. The standard InChI is InChI=1S/C50H62N10O13S/c1-6-40(64)56-26-57(41(65)7-2)28-58(27-56)42(66)18-20-74-25-39(63)55-43(29(3)4)37(61)22-33(9-8-19-53-49(52)71)46(68)54-34-14-11-31(12-15-34)24-73-50(72)60-44-35(16-10-30(5)45(44)67)47(69)59-23-32(13-17-38(51)62)21-36(59)48(60)70/h6-7,10-17,23,29,33,36,43,48,67,70H,1-2,8-9,18-22,24-28H2,3-5H3,(H2,51,62)(H,54,68)(H,55,63)(H3,52,53,71)/b17-13+/t33-,36?,43+,48?/m1/s1. The van der Waals surface area contributed by atoms with E-state index >= 15 is 0 Å². The predicted molar refractivity (Wildman–Crippen MR) is 272 cm³/mol. The van der Waals surface area contributed by atoms with Crippen LogP contribution in [-0.4, -0.2) is 145 Å². The summed E-state index contributed by atoms with van der Waals surface area (Å²) in [5, 5.41) is 30.8. The van der Waals surface area contributed by atoms with E-state index in [1.165, 1.54) is 56.1 Å². The first-order valence-corrected chi connectivity index (χ1v) is 24.7. The van der Waals surface area contributed by atoms with Gasteiger partial charge < -0.3 is 62.0 Å². The van der Waals surface area contributed by atoms with E-state index in [1.807, 2.05) is 0 Å². The lowest BCUT2D eigenvalue weighted by Crippen LogP contribution is -2.59. The number of allylic oxidation sites excluding steroid dienone is 1. The lowest BCUT2D eigenvalue weighted by atomic mass is 9.89. The third-order valence-corrected chi connectivity index (χ3v) is 13.2. The Kier molecular flexibility index (Phi) is 20.1. The molecule has 0 bridgehead atoms. The number of ether oxygens (including phenoxy) is 1. The second kappa shape index (κ2) is 26.1. The molecule has 0 saturated carbocycles. The fourth-order valence-electron chi connectivity index (χ4n) is 8.33. The van der Waals surface area contributed by atoms with Gasteiger partial charge in [-0.25, -0.2) is 14.5 Å². The number of aliphatic hydroxyl groups excluding tert-OH is 1. The van der Waals surface area contributed by atoms with Gasteiger partial charge in [-0.15, -0.1) is 0 Å². The summed E-state index contributed by atoms with van der Waals surface area (Å²) >= 11 is 1.15. The van der Waals surface area contributed by atoms with Gasteiger partial charge >= 0.3 is 12.1 Å². The monoisotopic (exact) mass is 1040 g/mol. The van der Waals surface area contributed by atoms with Crippen LogP contribution in [0.2, 0.25) is 0 Å². The maximum atomic E-state index is 13.9. The van der Waals surface area contributed by atoms with Gasteiger partial charge in [0.1, 0.15) is 18.0 Å². The molecule has 24 heteroatoms. The van der Waals surface area contributed by atoms with Gasteiger partial charge in [0, 0.05) is 49.0 Å². The number of thioether (sulfide) groups is 1. The molecule has 0 aromatic heterocycles. The number of nitrogens with one attached hydrogen (secondary N) is 3. The van der Waals surface area contributed by atoms with Crippen LogP contribution < -0.4 is 32.3 Å². The fourth-order valence-corrected chi connectivity index (χ4v) is 9.06. The van der Waals surface area contributed by atoms with Crippen LogP contribution in [0.25, 0.3) is 0 Å². The average Bonchev–Trinajstić information content (AvgIpc) is 3.78. The third-order valence-electron chi connectivity index (χ3n) is 12.2. The summed E-state index contributed by atoms with van der Waals surface area (Å²) in [5.74, 6) is -5.64. The molecule has 2 unspecified atom stereocenters. The van der Waals surface area contributed by atoms with Crippen LogP contribution in [0.15, 0.2) is 85.6 Å². The number of amides is 10. The number of hydrogen-bond acceptors (Lipinski definition) is 14. The molecule has 2 aromatic rings. The number of phenolic OH excluding ortho intramolecular Hbond substituents is 1. The zero-order chi connectivity index (χ0) is 54.4. The molecule has 74 heavy (non-hydrogen) atoms. The maximum absolute atomic E-state index is 13.9. The van der Waals surface area contributed by atoms with Crippen LogP contribution in [0, 0.1) is 18.8 Å². The molecule has 10 amide bonds. The number of Topliss-reactive ketones (excluding diaryl/α,β-unsaturated/α-hetero) is 1. The molecule has 5 rings (SSSR count). The summed E-state index contributed by atoms with van der Waals surface area (Å²) in [7, 11) is 0. The molecular formula is C50H62N10O13S. The van der Waals surface area contributed by atoms with Crippen LogP contribution in [0.4, 0.5) is 21.0 Å². The lowest BCUT2D eigenvalue weighted by molar-refractivity contribution is -0.154. The van der Waals surface area contributed by atoms with Gasteiger partial charge in [0.05, 0.1) is 43.4 Å². The van der Waals surface area contributed by atoms with E-state index in [-0.39, 0.29) is 99.8 Å².